The van der Waals surface area contributed by atoms with Crippen LogP contribution in [0.15, 0.2) is 38.7 Å². The lowest BCUT2D eigenvalue weighted by atomic mass is 10.1. The van der Waals surface area contributed by atoms with Gasteiger partial charge in [-0.2, -0.15) is 0 Å². The first-order valence-electron chi connectivity index (χ1n) is 5.67. The number of hydrogen-bond donors (Lipinski definition) is 1. The molecule has 92 valence electrons. The Bertz CT molecular complexity index is 452. The number of thiophene rings is 1. The van der Waals surface area contributed by atoms with Crippen molar-refractivity contribution in [2.24, 2.45) is 0 Å². The van der Waals surface area contributed by atoms with Crippen LogP contribution in [0, 0.1) is 0 Å². The molecule has 0 fully saturated rings. The second kappa shape index (κ2) is 5.85. The van der Waals surface area contributed by atoms with Crippen LogP contribution in [0.4, 0.5) is 0 Å². The largest absolute Gasteiger partial charge is 0.469 e. The Hall–Kier alpha value is -0.580. The Morgan fingerprint density at radius 2 is 2.29 bits per heavy atom. The van der Waals surface area contributed by atoms with Crippen molar-refractivity contribution in [2.75, 3.05) is 0 Å². The van der Waals surface area contributed by atoms with Crippen LogP contribution in [0.3, 0.4) is 0 Å². The van der Waals surface area contributed by atoms with E-state index in [9.17, 15) is 0 Å². The summed E-state index contributed by atoms with van der Waals surface area (Å²) in [7, 11) is 0. The summed E-state index contributed by atoms with van der Waals surface area (Å²) in [6.45, 7) is 4.37. The minimum atomic E-state index is 0.372. The van der Waals surface area contributed by atoms with E-state index in [-0.39, 0.29) is 0 Å². The normalized spacial score (nSPS) is 14.8. The van der Waals surface area contributed by atoms with Crippen LogP contribution in [0.5, 0.6) is 0 Å². The molecule has 0 saturated carbocycles. The molecule has 2 rings (SSSR count). The lowest BCUT2D eigenvalue weighted by Crippen LogP contribution is -2.30. The van der Waals surface area contributed by atoms with Gasteiger partial charge in [-0.25, -0.2) is 0 Å². The minimum Gasteiger partial charge on any atom is -0.469 e. The number of furan rings is 1. The van der Waals surface area contributed by atoms with Gasteiger partial charge in [0.2, 0.25) is 0 Å². The van der Waals surface area contributed by atoms with Crippen LogP contribution in [0.25, 0.3) is 0 Å². The smallest absolute Gasteiger partial charge is 0.105 e. The van der Waals surface area contributed by atoms with Gasteiger partial charge in [-0.3, -0.25) is 0 Å². The van der Waals surface area contributed by atoms with Crippen molar-refractivity contribution in [1.82, 2.24) is 5.32 Å². The van der Waals surface area contributed by atoms with E-state index in [2.05, 4.69) is 46.5 Å². The molecule has 2 nitrogen and oxygen atoms in total. The summed E-state index contributed by atoms with van der Waals surface area (Å²) in [6, 6.07) is 6.89. The SMILES string of the molecule is CC(Cc1ccco1)NC(C)c1cc(Br)cs1. The molecule has 0 spiro atoms. The zero-order valence-corrected chi connectivity index (χ0v) is 12.3. The van der Waals surface area contributed by atoms with E-state index >= 15 is 0 Å². The predicted octanol–water partition coefficient (Wildman–Crippen LogP) is 4.39. The predicted molar refractivity (Wildman–Crippen MR) is 75.4 cm³/mol. The third kappa shape index (κ3) is 3.69. The van der Waals surface area contributed by atoms with Crippen molar-refractivity contribution in [2.45, 2.75) is 32.4 Å². The maximum Gasteiger partial charge on any atom is 0.105 e. The molecule has 2 heterocycles. The van der Waals surface area contributed by atoms with Crippen molar-refractivity contribution in [3.8, 4) is 0 Å². The third-order valence-electron chi connectivity index (χ3n) is 2.64. The molecule has 2 unspecified atom stereocenters. The summed E-state index contributed by atoms with van der Waals surface area (Å²) in [4.78, 5) is 1.35. The summed E-state index contributed by atoms with van der Waals surface area (Å²) in [5.74, 6) is 1.03. The highest BCUT2D eigenvalue weighted by molar-refractivity contribution is 9.10. The zero-order valence-electron chi connectivity index (χ0n) is 9.94. The van der Waals surface area contributed by atoms with Gasteiger partial charge in [0.05, 0.1) is 6.26 Å². The van der Waals surface area contributed by atoms with Crippen molar-refractivity contribution < 1.29 is 4.42 Å². The van der Waals surface area contributed by atoms with Crippen LogP contribution in [0.1, 0.15) is 30.5 Å². The molecule has 0 amide bonds. The Labute approximate surface area is 114 Å². The standard InChI is InChI=1S/C13H16BrNOS/c1-9(6-12-4-3-5-16-12)15-10(2)13-7-11(14)8-17-13/h3-5,7-10,15H,6H2,1-2H3. The van der Waals surface area contributed by atoms with Crippen molar-refractivity contribution in [1.29, 1.82) is 0 Å². The van der Waals surface area contributed by atoms with Gasteiger partial charge in [-0.1, -0.05) is 0 Å². The van der Waals surface area contributed by atoms with Crippen molar-refractivity contribution >= 4 is 27.3 Å². The monoisotopic (exact) mass is 313 g/mol. The summed E-state index contributed by atoms with van der Waals surface area (Å²) >= 11 is 5.26. The number of nitrogens with one attached hydrogen (secondary N) is 1. The number of rotatable bonds is 5. The van der Waals surface area contributed by atoms with Gasteiger partial charge in [-0.05, 0) is 48.0 Å². The van der Waals surface area contributed by atoms with Crippen LogP contribution in [-0.2, 0) is 6.42 Å². The molecule has 0 saturated heterocycles. The second-order valence-corrected chi connectivity index (χ2v) is 6.10. The number of hydrogen-bond acceptors (Lipinski definition) is 3. The molecule has 0 bridgehead atoms. The average Bonchev–Trinajstić information content (AvgIpc) is 2.89. The fourth-order valence-corrected chi connectivity index (χ4v) is 3.32. The highest BCUT2D eigenvalue weighted by Crippen LogP contribution is 2.25. The van der Waals surface area contributed by atoms with Crippen LogP contribution >= 0.6 is 27.3 Å². The van der Waals surface area contributed by atoms with Gasteiger partial charge in [0.25, 0.3) is 0 Å². The third-order valence-corrected chi connectivity index (χ3v) is 4.51. The van der Waals surface area contributed by atoms with E-state index < -0.39 is 0 Å². The second-order valence-electron chi connectivity index (χ2n) is 4.24. The van der Waals surface area contributed by atoms with Crippen molar-refractivity contribution in [3.63, 3.8) is 0 Å². The molecular formula is C13H16BrNOS. The van der Waals surface area contributed by atoms with Crippen LogP contribution in [-0.4, -0.2) is 6.04 Å². The molecule has 0 aliphatic rings. The first-order chi connectivity index (χ1) is 8.15. The maximum absolute atomic E-state index is 5.35. The minimum absolute atomic E-state index is 0.372. The van der Waals surface area contributed by atoms with Crippen LogP contribution in [0.2, 0.25) is 0 Å². The van der Waals surface area contributed by atoms with Gasteiger partial charge in [0.15, 0.2) is 0 Å². The summed E-state index contributed by atoms with van der Waals surface area (Å²) < 4.78 is 6.51. The summed E-state index contributed by atoms with van der Waals surface area (Å²) in [6.07, 6.45) is 2.64. The first-order valence-corrected chi connectivity index (χ1v) is 7.35. The Balaban J connectivity index is 1.88. The molecule has 0 aromatic carbocycles. The van der Waals surface area contributed by atoms with Gasteiger partial charge in [-0.15, -0.1) is 11.3 Å². The molecule has 1 N–H and O–H groups in total. The van der Waals surface area contributed by atoms with Gasteiger partial charge >= 0.3 is 0 Å². The van der Waals surface area contributed by atoms with Crippen molar-refractivity contribution in [3.05, 3.63) is 45.0 Å². The number of halogens is 1. The highest BCUT2D eigenvalue weighted by Gasteiger charge is 2.12. The molecule has 2 aromatic rings. The van der Waals surface area contributed by atoms with Gasteiger partial charge in [0, 0.05) is 33.2 Å². The molecule has 17 heavy (non-hydrogen) atoms. The molecule has 4 heteroatoms. The van der Waals surface area contributed by atoms with E-state index in [0.717, 1.165) is 16.7 Å². The molecule has 0 aliphatic heterocycles. The van der Waals surface area contributed by atoms with E-state index in [1.165, 1.54) is 4.88 Å². The lowest BCUT2D eigenvalue weighted by molar-refractivity contribution is 0.431. The molecule has 0 aliphatic carbocycles. The summed E-state index contributed by atoms with van der Waals surface area (Å²) in [5, 5.41) is 5.69. The average molecular weight is 314 g/mol. The summed E-state index contributed by atoms with van der Waals surface area (Å²) in [5.41, 5.74) is 0. The zero-order chi connectivity index (χ0) is 12.3. The fourth-order valence-electron chi connectivity index (χ4n) is 1.85. The topological polar surface area (TPSA) is 25.2 Å². The highest BCUT2D eigenvalue weighted by atomic mass is 79.9. The molecule has 2 atom stereocenters. The lowest BCUT2D eigenvalue weighted by Gasteiger charge is -2.18. The van der Waals surface area contributed by atoms with E-state index in [1.54, 1.807) is 17.6 Å². The first kappa shape index (κ1) is 12.9. The molecule has 2 aromatic heterocycles. The van der Waals surface area contributed by atoms with E-state index in [0.29, 0.717) is 12.1 Å². The van der Waals surface area contributed by atoms with Gasteiger partial charge in [0.1, 0.15) is 5.76 Å². The van der Waals surface area contributed by atoms with Crippen LogP contribution < -0.4 is 5.32 Å². The quantitative estimate of drug-likeness (QED) is 0.885. The van der Waals surface area contributed by atoms with Gasteiger partial charge < -0.3 is 9.73 Å². The van der Waals surface area contributed by atoms with E-state index in [1.807, 2.05) is 12.1 Å². The Morgan fingerprint density at radius 3 is 2.88 bits per heavy atom. The maximum atomic E-state index is 5.35. The fraction of sp³-hybridized carbons (Fsp3) is 0.385. The molecule has 0 radical (unpaired) electrons. The molecular weight excluding hydrogens is 298 g/mol. The van der Waals surface area contributed by atoms with E-state index in [4.69, 9.17) is 4.42 Å². The Morgan fingerprint density at radius 1 is 1.47 bits per heavy atom. The Kier molecular flexibility index (Phi) is 4.42.